The zero-order valence-corrected chi connectivity index (χ0v) is 11.4. The van der Waals surface area contributed by atoms with Crippen LogP contribution in [0.1, 0.15) is 53.4 Å². The van der Waals surface area contributed by atoms with Crippen molar-refractivity contribution in [1.29, 1.82) is 0 Å². The molecule has 94 valence electrons. The normalized spacial score (nSPS) is 21.5. The average Bonchev–Trinajstić information content (AvgIpc) is 2.58. The molecule has 2 heteroatoms. The highest BCUT2D eigenvalue weighted by molar-refractivity contribution is 4.96. The number of hydrogen-bond acceptors (Lipinski definition) is 2. The van der Waals surface area contributed by atoms with Gasteiger partial charge in [-0.1, -0.05) is 6.58 Å². The van der Waals surface area contributed by atoms with Crippen LogP contribution in [-0.4, -0.2) is 29.7 Å². The van der Waals surface area contributed by atoms with Gasteiger partial charge in [-0.3, -0.25) is 0 Å². The summed E-state index contributed by atoms with van der Waals surface area (Å²) in [4.78, 5) is 2.46. The molecule has 2 nitrogen and oxygen atoms in total. The molecule has 1 rings (SSSR count). The fraction of sp³-hybridized carbons (Fsp3) is 0.857. The monoisotopic (exact) mass is 225 g/mol. The summed E-state index contributed by atoms with van der Waals surface area (Å²) in [6.45, 7) is 14.6. The van der Waals surface area contributed by atoms with Crippen LogP contribution in [-0.2, 0) is 4.74 Å². The lowest BCUT2D eigenvalue weighted by atomic mass is 10.1. The van der Waals surface area contributed by atoms with Gasteiger partial charge in [-0.2, -0.15) is 0 Å². The summed E-state index contributed by atoms with van der Waals surface area (Å²) in [6, 6.07) is 0.709. The molecule has 0 radical (unpaired) electrons. The van der Waals surface area contributed by atoms with Crippen LogP contribution in [0, 0.1) is 0 Å². The van der Waals surface area contributed by atoms with E-state index in [4.69, 9.17) is 4.74 Å². The smallest absolute Gasteiger partial charge is 0.0598 e. The predicted octanol–water partition coefficient (Wildman–Crippen LogP) is 3.58. The summed E-state index contributed by atoms with van der Waals surface area (Å²) in [5, 5.41) is 0. The third kappa shape index (κ3) is 4.56. The van der Waals surface area contributed by atoms with Crippen LogP contribution in [0.4, 0.5) is 0 Å². The van der Waals surface area contributed by atoms with Crippen molar-refractivity contribution in [3.63, 3.8) is 0 Å². The first-order valence-corrected chi connectivity index (χ1v) is 6.46. The summed E-state index contributed by atoms with van der Waals surface area (Å²) in [5.41, 5.74) is 1.23. The molecule has 0 aliphatic carbocycles. The Bertz CT molecular complexity index is 229. The third-order valence-electron chi connectivity index (χ3n) is 3.08. The number of nitrogens with zero attached hydrogens (tertiary/aromatic N) is 1. The molecule has 1 fully saturated rings. The molecule has 0 amide bonds. The summed E-state index contributed by atoms with van der Waals surface area (Å²) >= 11 is 0. The van der Waals surface area contributed by atoms with Gasteiger partial charge in [0.1, 0.15) is 0 Å². The van der Waals surface area contributed by atoms with Gasteiger partial charge in [0.15, 0.2) is 0 Å². The Hall–Kier alpha value is -0.500. The van der Waals surface area contributed by atoms with Crippen molar-refractivity contribution in [2.45, 2.75) is 65.0 Å². The average molecular weight is 225 g/mol. The van der Waals surface area contributed by atoms with Gasteiger partial charge in [0.2, 0.25) is 0 Å². The van der Waals surface area contributed by atoms with Gasteiger partial charge < -0.3 is 9.64 Å². The SMILES string of the molecule is C=C(C)N1CCCC1CCCOC(C)(C)C. The molecule has 0 bridgehead atoms. The molecule has 1 atom stereocenters. The minimum atomic E-state index is 0.00369. The number of hydrogen-bond donors (Lipinski definition) is 0. The highest BCUT2D eigenvalue weighted by atomic mass is 16.5. The standard InChI is InChI=1S/C14H27NO/c1-12(2)15-10-6-8-13(15)9-7-11-16-14(3,4)5/h13H,1,6-11H2,2-5H3. The fourth-order valence-electron chi connectivity index (χ4n) is 2.34. The summed E-state index contributed by atoms with van der Waals surface area (Å²) in [7, 11) is 0. The van der Waals surface area contributed by atoms with Crippen molar-refractivity contribution in [3.05, 3.63) is 12.3 Å². The van der Waals surface area contributed by atoms with Crippen molar-refractivity contribution in [2.75, 3.05) is 13.2 Å². The van der Waals surface area contributed by atoms with E-state index in [9.17, 15) is 0 Å². The molecule has 0 saturated carbocycles. The summed E-state index contributed by atoms with van der Waals surface area (Å²) in [6.07, 6.45) is 5.04. The first kappa shape index (κ1) is 13.6. The largest absolute Gasteiger partial charge is 0.376 e. The Morgan fingerprint density at radius 3 is 2.69 bits per heavy atom. The molecule has 1 aliphatic rings. The molecule has 0 aromatic carbocycles. The summed E-state index contributed by atoms with van der Waals surface area (Å²) in [5.74, 6) is 0. The van der Waals surface area contributed by atoms with Crippen LogP contribution in [0.25, 0.3) is 0 Å². The number of allylic oxidation sites excluding steroid dienone is 1. The van der Waals surface area contributed by atoms with Crippen molar-refractivity contribution in [2.24, 2.45) is 0 Å². The van der Waals surface area contributed by atoms with Gasteiger partial charge in [-0.05, 0) is 53.4 Å². The van der Waals surface area contributed by atoms with Gasteiger partial charge >= 0.3 is 0 Å². The molecule has 0 spiro atoms. The van der Waals surface area contributed by atoms with Crippen molar-refractivity contribution < 1.29 is 4.74 Å². The Kier molecular flexibility index (Phi) is 4.85. The lowest BCUT2D eigenvalue weighted by Gasteiger charge is -2.27. The zero-order valence-electron chi connectivity index (χ0n) is 11.4. The third-order valence-corrected chi connectivity index (χ3v) is 3.08. The van der Waals surface area contributed by atoms with Crippen molar-refractivity contribution in [3.8, 4) is 0 Å². The Balaban J connectivity index is 2.20. The topological polar surface area (TPSA) is 12.5 Å². The second kappa shape index (κ2) is 5.72. The van der Waals surface area contributed by atoms with Crippen molar-refractivity contribution in [1.82, 2.24) is 4.90 Å². The van der Waals surface area contributed by atoms with E-state index in [1.807, 2.05) is 0 Å². The Morgan fingerprint density at radius 2 is 2.12 bits per heavy atom. The first-order valence-electron chi connectivity index (χ1n) is 6.46. The van der Waals surface area contributed by atoms with Gasteiger partial charge in [0.25, 0.3) is 0 Å². The second-order valence-corrected chi connectivity index (χ2v) is 5.83. The first-order chi connectivity index (χ1) is 7.40. The molecule has 0 aromatic rings. The van der Waals surface area contributed by atoms with Gasteiger partial charge in [0.05, 0.1) is 5.60 Å². The molecule has 1 unspecified atom stereocenters. The molecular formula is C14H27NO. The molecule has 1 saturated heterocycles. The zero-order chi connectivity index (χ0) is 12.2. The number of rotatable bonds is 5. The highest BCUT2D eigenvalue weighted by Gasteiger charge is 2.23. The lowest BCUT2D eigenvalue weighted by molar-refractivity contribution is -0.00610. The van der Waals surface area contributed by atoms with E-state index in [1.54, 1.807) is 0 Å². The Morgan fingerprint density at radius 1 is 1.44 bits per heavy atom. The maximum Gasteiger partial charge on any atom is 0.0598 e. The molecule has 1 heterocycles. The van der Waals surface area contributed by atoms with Crippen LogP contribution in [0.3, 0.4) is 0 Å². The summed E-state index contributed by atoms with van der Waals surface area (Å²) < 4.78 is 5.74. The van der Waals surface area contributed by atoms with E-state index in [-0.39, 0.29) is 5.60 Å². The molecular weight excluding hydrogens is 198 g/mol. The van der Waals surface area contributed by atoms with E-state index >= 15 is 0 Å². The van der Waals surface area contributed by atoms with E-state index in [1.165, 1.54) is 31.5 Å². The molecule has 0 aromatic heterocycles. The van der Waals surface area contributed by atoms with E-state index in [0.29, 0.717) is 6.04 Å². The van der Waals surface area contributed by atoms with Gasteiger partial charge in [-0.15, -0.1) is 0 Å². The fourth-order valence-corrected chi connectivity index (χ4v) is 2.34. The Labute approximate surface area is 101 Å². The lowest BCUT2D eigenvalue weighted by Crippen LogP contribution is -2.28. The van der Waals surface area contributed by atoms with Crippen LogP contribution in [0.2, 0.25) is 0 Å². The number of ether oxygens (including phenoxy) is 1. The van der Waals surface area contributed by atoms with E-state index in [2.05, 4.69) is 39.2 Å². The highest BCUT2D eigenvalue weighted by Crippen LogP contribution is 2.24. The van der Waals surface area contributed by atoms with Crippen LogP contribution in [0.5, 0.6) is 0 Å². The quantitative estimate of drug-likeness (QED) is 0.663. The molecule has 0 N–H and O–H groups in total. The minimum Gasteiger partial charge on any atom is -0.376 e. The predicted molar refractivity (Wildman–Crippen MR) is 69.5 cm³/mol. The molecule has 16 heavy (non-hydrogen) atoms. The van der Waals surface area contributed by atoms with Gasteiger partial charge in [0, 0.05) is 24.9 Å². The van der Waals surface area contributed by atoms with Crippen molar-refractivity contribution >= 4 is 0 Å². The second-order valence-electron chi connectivity index (χ2n) is 5.83. The maximum atomic E-state index is 5.74. The minimum absolute atomic E-state index is 0.00369. The van der Waals surface area contributed by atoms with Gasteiger partial charge in [-0.25, -0.2) is 0 Å². The molecule has 1 aliphatic heterocycles. The number of likely N-dealkylation sites (tertiary alicyclic amines) is 1. The van der Waals surface area contributed by atoms with Crippen LogP contribution < -0.4 is 0 Å². The van der Waals surface area contributed by atoms with Crippen LogP contribution >= 0.6 is 0 Å². The maximum absolute atomic E-state index is 5.74. The van der Waals surface area contributed by atoms with E-state index < -0.39 is 0 Å². The van der Waals surface area contributed by atoms with E-state index in [0.717, 1.165) is 13.0 Å². The van der Waals surface area contributed by atoms with Crippen LogP contribution in [0.15, 0.2) is 12.3 Å².